The highest BCUT2D eigenvalue weighted by Gasteiger charge is 2.20. The van der Waals surface area contributed by atoms with E-state index in [0.29, 0.717) is 17.7 Å². The number of furan rings is 1. The van der Waals surface area contributed by atoms with Crippen molar-refractivity contribution >= 4 is 17.5 Å². The Hall–Kier alpha value is -2.56. The predicted octanol–water partition coefficient (Wildman–Crippen LogP) is 2.57. The second-order valence-corrected chi connectivity index (χ2v) is 5.24. The van der Waals surface area contributed by atoms with Crippen molar-refractivity contribution in [2.24, 2.45) is 0 Å². The predicted molar refractivity (Wildman–Crippen MR) is 78.1 cm³/mol. The molecule has 1 aliphatic rings. The van der Waals surface area contributed by atoms with Gasteiger partial charge in [0.2, 0.25) is 5.91 Å². The van der Waals surface area contributed by atoms with Gasteiger partial charge >= 0.3 is 0 Å². The smallest absolute Gasteiger partial charge is 0.251 e. The summed E-state index contributed by atoms with van der Waals surface area (Å²) >= 11 is 0. The van der Waals surface area contributed by atoms with Crippen LogP contribution in [0.2, 0.25) is 0 Å². The zero-order chi connectivity index (χ0) is 15.0. The minimum Gasteiger partial charge on any atom is -0.464 e. The molecule has 3 rings (SSSR count). The average Bonchev–Trinajstić information content (AvgIpc) is 3.02. The molecule has 108 valence electrons. The average molecular weight is 284 g/mol. The lowest BCUT2D eigenvalue weighted by Crippen LogP contribution is -2.26. The van der Waals surface area contributed by atoms with Gasteiger partial charge in [0.15, 0.2) is 0 Å². The van der Waals surface area contributed by atoms with Gasteiger partial charge in [-0.05, 0) is 43.7 Å². The molecule has 1 aliphatic heterocycles. The number of aryl methyl sites for hydroxylation is 1. The number of nitrogens with one attached hydrogen (secondary N) is 2. The van der Waals surface area contributed by atoms with E-state index in [9.17, 15) is 9.59 Å². The van der Waals surface area contributed by atoms with Gasteiger partial charge in [0.25, 0.3) is 5.91 Å². The Bertz CT molecular complexity index is 718. The summed E-state index contributed by atoms with van der Waals surface area (Å²) in [5, 5.41) is 5.63. The number of hydrogen-bond acceptors (Lipinski definition) is 3. The van der Waals surface area contributed by atoms with Crippen molar-refractivity contribution in [3.8, 4) is 0 Å². The van der Waals surface area contributed by atoms with Crippen molar-refractivity contribution in [3.63, 3.8) is 0 Å². The first kappa shape index (κ1) is 13.4. The molecule has 1 unspecified atom stereocenters. The fourth-order valence-corrected chi connectivity index (χ4v) is 2.39. The molecule has 0 radical (unpaired) electrons. The number of carbonyl (C=O) groups is 2. The van der Waals surface area contributed by atoms with Crippen molar-refractivity contribution in [1.82, 2.24) is 5.32 Å². The Kier molecular flexibility index (Phi) is 3.25. The molecule has 1 aromatic heterocycles. The molecule has 0 bridgehead atoms. The van der Waals surface area contributed by atoms with E-state index in [0.717, 1.165) is 17.1 Å². The highest BCUT2D eigenvalue weighted by Crippen LogP contribution is 2.24. The molecule has 21 heavy (non-hydrogen) atoms. The van der Waals surface area contributed by atoms with Crippen molar-refractivity contribution in [2.45, 2.75) is 26.3 Å². The normalized spacial score (nSPS) is 14.5. The van der Waals surface area contributed by atoms with Crippen molar-refractivity contribution in [1.29, 1.82) is 0 Å². The largest absolute Gasteiger partial charge is 0.464 e. The van der Waals surface area contributed by atoms with Crippen LogP contribution in [0.4, 0.5) is 5.69 Å². The molecule has 2 heterocycles. The fourth-order valence-electron chi connectivity index (χ4n) is 2.39. The lowest BCUT2D eigenvalue weighted by molar-refractivity contribution is -0.115. The van der Waals surface area contributed by atoms with E-state index in [2.05, 4.69) is 10.6 Å². The van der Waals surface area contributed by atoms with Gasteiger partial charge in [0.1, 0.15) is 11.5 Å². The molecule has 2 amide bonds. The molecule has 0 saturated heterocycles. The fraction of sp³-hybridized carbons (Fsp3) is 0.250. The highest BCUT2D eigenvalue weighted by atomic mass is 16.3. The summed E-state index contributed by atoms with van der Waals surface area (Å²) < 4.78 is 5.50. The number of anilines is 1. The lowest BCUT2D eigenvalue weighted by atomic mass is 10.1. The summed E-state index contributed by atoms with van der Waals surface area (Å²) in [4.78, 5) is 23.6. The van der Waals surface area contributed by atoms with E-state index < -0.39 is 0 Å². The maximum Gasteiger partial charge on any atom is 0.251 e. The number of rotatable bonds is 3. The van der Waals surface area contributed by atoms with Gasteiger partial charge in [0, 0.05) is 11.3 Å². The minimum atomic E-state index is -0.214. The summed E-state index contributed by atoms with van der Waals surface area (Å²) in [7, 11) is 0. The number of benzene rings is 1. The van der Waals surface area contributed by atoms with Crippen molar-refractivity contribution in [2.75, 3.05) is 5.32 Å². The molecular weight excluding hydrogens is 268 g/mol. The van der Waals surface area contributed by atoms with Crippen LogP contribution < -0.4 is 10.6 Å². The highest BCUT2D eigenvalue weighted by molar-refractivity contribution is 6.02. The first-order valence-corrected chi connectivity index (χ1v) is 6.83. The van der Waals surface area contributed by atoms with E-state index in [1.54, 1.807) is 12.1 Å². The third-order valence-corrected chi connectivity index (χ3v) is 3.53. The van der Waals surface area contributed by atoms with Gasteiger partial charge in [0.05, 0.1) is 12.5 Å². The Morgan fingerprint density at radius 1 is 1.33 bits per heavy atom. The van der Waals surface area contributed by atoms with Gasteiger partial charge in [-0.3, -0.25) is 9.59 Å². The molecule has 0 fully saturated rings. The van der Waals surface area contributed by atoms with E-state index in [4.69, 9.17) is 4.42 Å². The second kappa shape index (κ2) is 5.09. The molecule has 2 aromatic rings. The monoisotopic (exact) mass is 284 g/mol. The summed E-state index contributed by atoms with van der Waals surface area (Å²) in [6.07, 6.45) is 0.374. The molecule has 5 heteroatoms. The SMILES string of the molecule is Cc1ccc(C(C)NC(=O)c2ccc3c(c2)NC(=O)C3)o1. The van der Waals surface area contributed by atoms with Crippen molar-refractivity contribution < 1.29 is 14.0 Å². The quantitative estimate of drug-likeness (QED) is 0.910. The maximum atomic E-state index is 12.3. The van der Waals surface area contributed by atoms with E-state index in [1.807, 2.05) is 32.0 Å². The molecule has 0 saturated carbocycles. The van der Waals surface area contributed by atoms with Gasteiger partial charge in [-0.15, -0.1) is 0 Å². The lowest BCUT2D eigenvalue weighted by Gasteiger charge is -2.12. The van der Waals surface area contributed by atoms with Crippen LogP contribution in [0.25, 0.3) is 0 Å². The second-order valence-electron chi connectivity index (χ2n) is 5.24. The molecule has 0 spiro atoms. The van der Waals surface area contributed by atoms with Crippen LogP contribution in [0.5, 0.6) is 0 Å². The summed E-state index contributed by atoms with van der Waals surface area (Å²) in [5.74, 6) is 1.30. The molecule has 2 N–H and O–H groups in total. The summed E-state index contributed by atoms with van der Waals surface area (Å²) in [5.41, 5.74) is 2.16. The molecular formula is C16H16N2O3. The third kappa shape index (κ3) is 2.67. The Balaban J connectivity index is 1.74. The Morgan fingerprint density at radius 3 is 2.86 bits per heavy atom. The molecule has 1 atom stereocenters. The van der Waals surface area contributed by atoms with Crippen LogP contribution in [-0.4, -0.2) is 11.8 Å². The Labute approximate surface area is 122 Å². The van der Waals surface area contributed by atoms with Gasteiger partial charge < -0.3 is 15.1 Å². The summed E-state index contributed by atoms with van der Waals surface area (Å²) in [6.45, 7) is 3.73. The van der Waals surface area contributed by atoms with E-state index in [1.165, 1.54) is 0 Å². The molecule has 1 aromatic carbocycles. The topological polar surface area (TPSA) is 71.3 Å². The van der Waals surface area contributed by atoms with Crippen LogP contribution in [0.3, 0.4) is 0 Å². The van der Waals surface area contributed by atoms with E-state index in [-0.39, 0.29) is 17.9 Å². The molecule has 5 nitrogen and oxygen atoms in total. The third-order valence-electron chi connectivity index (χ3n) is 3.53. The summed E-state index contributed by atoms with van der Waals surface area (Å²) in [6, 6.07) is 8.74. The van der Waals surface area contributed by atoms with Crippen LogP contribution in [0.1, 0.15) is 40.4 Å². The van der Waals surface area contributed by atoms with Crippen LogP contribution >= 0.6 is 0 Å². The minimum absolute atomic E-state index is 0.0398. The first-order valence-electron chi connectivity index (χ1n) is 6.83. The number of carbonyl (C=O) groups excluding carboxylic acids is 2. The van der Waals surface area contributed by atoms with Gasteiger partial charge in [-0.1, -0.05) is 6.07 Å². The van der Waals surface area contributed by atoms with Crippen molar-refractivity contribution in [3.05, 3.63) is 53.0 Å². The Morgan fingerprint density at radius 2 is 2.14 bits per heavy atom. The zero-order valence-corrected chi connectivity index (χ0v) is 11.9. The standard InChI is InChI=1S/C16H16N2O3/c1-9-3-6-14(21-9)10(2)17-16(20)12-5-4-11-8-15(19)18-13(11)7-12/h3-7,10H,8H2,1-2H3,(H,17,20)(H,18,19). The zero-order valence-electron chi connectivity index (χ0n) is 11.9. The van der Waals surface area contributed by atoms with Crippen LogP contribution in [-0.2, 0) is 11.2 Å². The molecule has 0 aliphatic carbocycles. The number of hydrogen-bond donors (Lipinski definition) is 2. The van der Waals surface area contributed by atoms with Gasteiger partial charge in [-0.2, -0.15) is 0 Å². The maximum absolute atomic E-state index is 12.3. The van der Waals surface area contributed by atoms with Crippen LogP contribution in [0.15, 0.2) is 34.7 Å². The number of amides is 2. The van der Waals surface area contributed by atoms with Gasteiger partial charge in [-0.25, -0.2) is 0 Å². The van der Waals surface area contributed by atoms with E-state index >= 15 is 0 Å². The van der Waals surface area contributed by atoms with Crippen LogP contribution in [0, 0.1) is 6.92 Å². The first-order chi connectivity index (χ1) is 10.0. The number of fused-ring (bicyclic) bond motifs is 1.